The Morgan fingerprint density at radius 1 is 1.33 bits per heavy atom. The van der Waals surface area contributed by atoms with E-state index in [0.717, 1.165) is 0 Å². The molecule has 0 aliphatic heterocycles. The third-order valence-electron chi connectivity index (χ3n) is 2.86. The highest BCUT2D eigenvalue weighted by Gasteiger charge is 2.33. The fourth-order valence-corrected chi connectivity index (χ4v) is 1.68. The number of halogens is 2. The summed E-state index contributed by atoms with van der Waals surface area (Å²) < 4.78 is 25.6. The zero-order valence-corrected chi connectivity index (χ0v) is 9.30. The number of ketones is 1. The second-order valence-electron chi connectivity index (χ2n) is 4.61. The van der Waals surface area contributed by atoms with Crippen molar-refractivity contribution in [3.8, 4) is 0 Å². The summed E-state index contributed by atoms with van der Waals surface area (Å²) >= 11 is 0. The molecule has 0 aromatic carbocycles. The van der Waals surface area contributed by atoms with Crippen molar-refractivity contribution in [3.05, 3.63) is 12.2 Å². The largest absolute Gasteiger partial charge is 0.295 e. The molecule has 0 heterocycles. The van der Waals surface area contributed by atoms with Crippen LogP contribution >= 0.6 is 0 Å². The van der Waals surface area contributed by atoms with Gasteiger partial charge in [0.15, 0.2) is 5.78 Å². The second kappa shape index (κ2) is 4.86. The molecule has 0 unspecified atom stereocenters. The highest BCUT2D eigenvalue weighted by Crippen LogP contribution is 2.36. The second-order valence-corrected chi connectivity index (χ2v) is 4.61. The van der Waals surface area contributed by atoms with Crippen LogP contribution in [-0.4, -0.2) is 11.7 Å². The predicted octanol–water partition coefficient (Wildman–Crippen LogP) is 3.59. The molecule has 1 aliphatic rings. The fraction of sp³-hybridized carbons (Fsp3) is 0.750. The Morgan fingerprint density at radius 3 is 2.33 bits per heavy atom. The molecule has 0 radical (unpaired) electrons. The van der Waals surface area contributed by atoms with Crippen LogP contribution < -0.4 is 0 Å². The highest BCUT2D eigenvalue weighted by atomic mass is 19.3. The monoisotopic (exact) mass is 216 g/mol. The normalized spacial score (nSPS) is 22.5. The SMILES string of the molecule is CC(C)C(=O)C=CC1CCC(F)(F)CC1. The molecule has 0 atom stereocenters. The summed E-state index contributed by atoms with van der Waals surface area (Å²) in [5.41, 5.74) is 0. The summed E-state index contributed by atoms with van der Waals surface area (Å²) in [7, 11) is 0. The molecule has 1 saturated carbocycles. The van der Waals surface area contributed by atoms with Crippen LogP contribution in [0.2, 0.25) is 0 Å². The number of carbonyl (C=O) groups excluding carboxylic acids is 1. The molecule has 1 rings (SSSR count). The first-order valence-corrected chi connectivity index (χ1v) is 5.50. The summed E-state index contributed by atoms with van der Waals surface area (Å²) in [5.74, 6) is -2.25. The zero-order valence-electron chi connectivity index (χ0n) is 9.30. The molecule has 1 aliphatic carbocycles. The van der Waals surface area contributed by atoms with Gasteiger partial charge < -0.3 is 0 Å². The lowest BCUT2D eigenvalue weighted by molar-refractivity contribution is -0.117. The van der Waals surface area contributed by atoms with E-state index in [-0.39, 0.29) is 30.5 Å². The number of alkyl halides is 2. The van der Waals surface area contributed by atoms with Gasteiger partial charge in [0.1, 0.15) is 0 Å². The molecular weight excluding hydrogens is 198 g/mol. The Balaban J connectivity index is 2.39. The van der Waals surface area contributed by atoms with E-state index in [9.17, 15) is 13.6 Å². The maximum Gasteiger partial charge on any atom is 0.248 e. The van der Waals surface area contributed by atoms with Crippen LogP contribution in [-0.2, 0) is 4.79 Å². The number of rotatable bonds is 3. The van der Waals surface area contributed by atoms with Gasteiger partial charge in [-0.1, -0.05) is 19.9 Å². The van der Waals surface area contributed by atoms with Crippen LogP contribution in [0.1, 0.15) is 39.5 Å². The van der Waals surface area contributed by atoms with Gasteiger partial charge in [0.2, 0.25) is 5.92 Å². The van der Waals surface area contributed by atoms with Crippen molar-refractivity contribution >= 4 is 5.78 Å². The number of hydrogen-bond acceptors (Lipinski definition) is 1. The minimum absolute atomic E-state index is 0.00807. The number of hydrogen-bond donors (Lipinski definition) is 0. The van der Waals surface area contributed by atoms with Gasteiger partial charge in [-0.25, -0.2) is 8.78 Å². The molecule has 3 heteroatoms. The van der Waals surface area contributed by atoms with Gasteiger partial charge in [-0.05, 0) is 24.8 Å². The molecule has 0 amide bonds. The molecule has 1 nitrogen and oxygen atoms in total. The topological polar surface area (TPSA) is 17.1 Å². The molecule has 1 fully saturated rings. The molecule has 0 N–H and O–H groups in total. The van der Waals surface area contributed by atoms with Crippen LogP contribution in [0.15, 0.2) is 12.2 Å². The van der Waals surface area contributed by atoms with Crippen LogP contribution in [0.4, 0.5) is 8.78 Å². The lowest BCUT2D eigenvalue weighted by atomic mass is 9.86. The summed E-state index contributed by atoms with van der Waals surface area (Å²) in [6.45, 7) is 3.67. The average Bonchev–Trinajstić information content (AvgIpc) is 2.15. The van der Waals surface area contributed by atoms with Crippen molar-refractivity contribution < 1.29 is 13.6 Å². The van der Waals surface area contributed by atoms with Gasteiger partial charge in [-0.2, -0.15) is 0 Å². The number of allylic oxidation sites excluding steroid dienone is 2. The van der Waals surface area contributed by atoms with Crippen molar-refractivity contribution in [3.63, 3.8) is 0 Å². The smallest absolute Gasteiger partial charge is 0.248 e. The lowest BCUT2D eigenvalue weighted by Gasteiger charge is -2.26. The molecule has 0 aromatic rings. The van der Waals surface area contributed by atoms with E-state index in [4.69, 9.17) is 0 Å². The maximum atomic E-state index is 12.8. The Kier molecular flexibility index (Phi) is 4.00. The lowest BCUT2D eigenvalue weighted by Crippen LogP contribution is -2.23. The van der Waals surface area contributed by atoms with Gasteiger partial charge in [0.25, 0.3) is 0 Å². The Bertz CT molecular complexity index is 246. The van der Waals surface area contributed by atoms with Gasteiger partial charge in [0, 0.05) is 18.8 Å². The van der Waals surface area contributed by atoms with E-state index in [2.05, 4.69) is 0 Å². The van der Waals surface area contributed by atoms with Gasteiger partial charge in [-0.3, -0.25) is 4.79 Å². The van der Waals surface area contributed by atoms with Gasteiger partial charge in [0.05, 0.1) is 0 Å². The molecular formula is C12H18F2O. The van der Waals surface area contributed by atoms with Crippen molar-refractivity contribution in [2.45, 2.75) is 45.5 Å². The first-order chi connectivity index (χ1) is 6.91. The Hall–Kier alpha value is -0.730. The highest BCUT2D eigenvalue weighted by molar-refractivity contribution is 5.91. The fourth-order valence-electron chi connectivity index (χ4n) is 1.68. The van der Waals surface area contributed by atoms with Crippen LogP contribution in [0.25, 0.3) is 0 Å². The van der Waals surface area contributed by atoms with Crippen molar-refractivity contribution in [2.24, 2.45) is 11.8 Å². The van der Waals surface area contributed by atoms with Crippen LogP contribution in [0, 0.1) is 11.8 Å². The quantitative estimate of drug-likeness (QED) is 0.659. The first-order valence-electron chi connectivity index (χ1n) is 5.50. The first kappa shape index (κ1) is 12.3. The maximum absolute atomic E-state index is 12.8. The third-order valence-corrected chi connectivity index (χ3v) is 2.86. The van der Waals surface area contributed by atoms with E-state index in [0.29, 0.717) is 12.8 Å². The van der Waals surface area contributed by atoms with E-state index in [1.807, 2.05) is 13.8 Å². The molecule has 86 valence electrons. The van der Waals surface area contributed by atoms with E-state index < -0.39 is 5.92 Å². The number of carbonyl (C=O) groups is 1. The minimum Gasteiger partial charge on any atom is -0.295 e. The van der Waals surface area contributed by atoms with Crippen LogP contribution in [0.3, 0.4) is 0 Å². The molecule has 0 saturated heterocycles. The van der Waals surface area contributed by atoms with E-state index >= 15 is 0 Å². The summed E-state index contributed by atoms with van der Waals surface area (Å²) in [6, 6.07) is 0. The van der Waals surface area contributed by atoms with E-state index in [1.54, 1.807) is 12.2 Å². The zero-order chi connectivity index (χ0) is 11.5. The van der Waals surface area contributed by atoms with Gasteiger partial charge >= 0.3 is 0 Å². The van der Waals surface area contributed by atoms with Gasteiger partial charge in [-0.15, -0.1) is 0 Å². The van der Waals surface area contributed by atoms with Crippen molar-refractivity contribution in [2.75, 3.05) is 0 Å². The van der Waals surface area contributed by atoms with Crippen molar-refractivity contribution in [1.29, 1.82) is 0 Å². The summed E-state index contributed by atoms with van der Waals surface area (Å²) in [6.07, 6.45) is 4.26. The minimum atomic E-state index is -2.48. The van der Waals surface area contributed by atoms with Crippen molar-refractivity contribution in [1.82, 2.24) is 0 Å². The molecule has 0 bridgehead atoms. The summed E-state index contributed by atoms with van der Waals surface area (Å²) in [4.78, 5) is 11.3. The average molecular weight is 216 g/mol. The molecule has 15 heavy (non-hydrogen) atoms. The standard InChI is InChI=1S/C12H18F2O/c1-9(2)11(15)4-3-10-5-7-12(13,14)8-6-10/h3-4,9-10H,5-8H2,1-2H3. The van der Waals surface area contributed by atoms with Crippen LogP contribution in [0.5, 0.6) is 0 Å². The predicted molar refractivity (Wildman–Crippen MR) is 55.9 cm³/mol. The van der Waals surface area contributed by atoms with E-state index in [1.165, 1.54) is 0 Å². The Morgan fingerprint density at radius 2 is 1.87 bits per heavy atom. The molecule has 0 spiro atoms. The third kappa shape index (κ3) is 4.10. The molecule has 0 aromatic heterocycles. The Labute approximate surface area is 89.6 Å². The summed E-state index contributed by atoms with van der Waals surface area (Å²) in [5, 5.41) is 0.